The van der Waals surface area contributed by atoms with Crippen molar-refractivity contribution in [2.45, 2.75) is 30.7 Å². The van der Waals surface area contributed by atoms with E-state index in [1.54, 1.807) is 7.11 Å². The minimum atomic E-state index is -5.08. The summed E-state index contributed by atoms with van der Waals surface area (Å²) in [6.45, 7) is 4.33. The van der Waals surface area contributed by atoms with Gasteiger partial charge in [0.1, 0.15) is 11.6 Å². The molecule has 1 aromatic rings. The Hall–Kier alpha value is -2.58. The van der Waals surface area contributed by atoms with E-state index < -0.39 is 18.0 Å². The zero-order chi connectivity index (χ0) is 24.9. The summed E-state index contributed by atoms with van der Waals surface area (Å²) in [5.41, 5.74) is -0.310. The van der Waals surface area contributed by atoms with Gasteiger partial charge in [-0.3, -0.25) is 9.69 Å². The fourth-order valence-corrected chi connectivity index (χ4v) is 3.80. The Morgan fingerprint density at radius 3 is 2.41 bits per heavy atom. The van der Waals surface area contributed by atoms with Gasteiger partial charge in [0, 0.05) is 26.7 Å². The van der Waals surface area contributed by atoms with E-state index in [4.69, 9.17) is 19.4 Å². The van der Waals surface area contributed by atoms with Crippen LogP contribution in [-0.2, 0) is 19.1 Å². The van der Waals surface area contributed by atoms with Gasteiger partial charge in [0.25, 0.3) is 0 Å². The Morgan fingerprint density at radius 2 is 1.88 bits per heavy atom. The number of amides is 1. The molecule has 1 aromatic heterocycles. The lowest BCUT2D eigenvalue weighted by atomic mass is 9.90. The highest BCUT2D eigenvalue weighted by molar-refractivity contribution is 5.82. The number of morpholine rings is 1. The third-order valence-electron chi connectivity index (χ3n) is 5.67. The van der Waals surface area contributed by atoms with E-state index in [9.17, 15) is 22.4 Å². The molecule has 1 amide bonds. The van der Waals surface area contributed by atoms with Crippen molar-refractivity contribution < 1.29 is 41.7 Å². The molecule has 10 nitrogen and oxygen atoms in total. The van der Waals surface area contributed by atoms with Gasteiger partial charge in [0.15, 0.2) is 5.82 Å². The van der Waals surface area contributed by atoms with Crippen LogP contribution in [0.5, 0.6) is 0 Å². The highest BCUT2D eigenvalue weighted by Gasteiger charge is 2.52. The quantitative estimate of drug-likeness (QED) is 0.418. The van der Waals surface area contributed by atoms with Crippen LogP contribution in [0.4, 0.5) is 23.5 Å². The summed E-state index contributed by atoms with van der Waals surface area (Å²) in [4.78, 5) is 33.8. The predicted molar refractivity (Wildman–Crippen MR) is 110 cm³/mol. The van der Waals surface area contributed by atoms with E-state index in [1.165, 1.54) is 25.2 Å². The fraction of sp³-hybridized carbons (Fsp3) is 0.700. The lowest BCUT2D eigenvalue weighted by Gasteiger charge is -2.55. The maximum absolute atomic E-state index is 13.0. The van der Waals surface area contributed by atoms with Crippen LogP contribution < -0.4 is 10.2 Å². The first-order chi connectivity index (χ1) is 16.0. The standard InChI is InChI=1S/C18H26FN5O3.C2HF3O2/c1-26-5-4-20-16(25)15-9-27-18(10-23(15)8-13-2-3-13)11-24(12-18)17-21-6-14(19)7-22-17;3-2(4,5)1(6)7/h6-7,13,15H,2-5,8-12H2,1H3,(H,20,25);(H,6,7). The van der Waals surface area contributed by atoms with E-state index in [2.05, 4.69) is 20.2 Å². The average Bonchev–Trinajstić information content (AvgIpc) is 3.56. The number of ether oxygens (including phenoxy) is 2. The van der Waals surface area contributed by atoms with Crippen molar-refractivity contribution in [3.05, 3.63) is 18.2 Å². The molecule has 2 N–H and O–H groups in total. The lowest BCUT2D eigenvalue weighted by molar-refractivity contribution is -0.192. The number of nitrogens with zero attached hydrogens (tertiary/aromatic N) is 4. The highest BCUT2D eigenvalue weighted by Crippen LogP contribution is 2.36. The Morgan fingerprint density at radius 1 is 1.26 bits per heavy atom. The summed E-state index contributed by atoms with van der Waals surface area (Å²) < 4.78 is 55.9. The highest BCUT2D eigenvalue weighted by atomic mass is 19.4. The molecular weight excluding hydrogens is 466 g/mol. The molecule has 4 rings (SSSR count). The molecule has 1 aliphatic carbocycles. The molecule has 0 radical (unpaired) electrons. The van der Waals surface area contributed by atoms with Crippen LogP contribution in [0, 0.1) is 11.7 Å². The van der Waals surface area contributed by atoms with Gasteiger partial charge in [0.05, 0.1) is 38.7 Å². The minimum Gasteiger partial charge on any atom is -0.475 e. The Bertz CT molecular complexity index is 847. The number of carbonyl (C=O) groups excluding carboxylic acids is 1. The number of anilines is 1. The molecule has 14 heteroatoms. The molecule has 0 aromatic carbocycles. The molecule has 3 aliphatic rings. The van der Waals surface area contributed by atoms with Crippen LogP contribution in [0.3, 0.4) is 0 Å². The molecule has 0 bridgehead atoms. The Labute approximate surface area is 193 Å². The Balaban J connectivity index is 0.000000406. The zero-order valence-electron chi connectivity index (χ0n) is 18.6. The van der Waals surface area contributed by atoms with Gasteiger partial charge in [-0.1, -0.05) is 0 Å². The normalized spacial score (nSPS) is 21.9. The van der Waals surface area contributed by atoms with Crippen LogP contribution in [0.15, 0.2) is 12.4 Å². The van der Waals surface area contributed by atoms with Crippen LogP contribution in [0.25, 0.3) is 0 Å². The number of aromatic nitrogens is 2. The molecule has 2 aliphatic heterocycles. The topological polar surface area (TPSA) is 117 Å². The smallest absolute Gasteiger partial charge is 0.475 e. The maximum atomic E-state index is 13.0. The van der Waals surface area contributed by atoms with Crippen LogP contribution >= 0.6 is 0 Å². The number of carbonyl (C=O) groups is 2. The van der Waals surface area contributed by atoms with Crippen molar-refractivity contribution in [3.8, 4) is 0 Å². The lowest BCUT2D eigenvalue weighted by Crippen LogP contribution is -2.73. The van der Waals surface area contributed by atoms with Crippen LogP contribution in [0.1, 0.15) is 12.8 Å². The van der Waals surface area contributed by atoms with Gasteiger partial charge in [-0.2, -0.15) is 13.2 Å². The van der Waals surface area contributed by atoms with E-state index in [0.717, 1.165) is 6.54 Å². The summed E-state index contributed by atoms with van der Waals surface area (Å²) in [7, 11) is 1.62. The van der Waals surface area contributed by atoms with Gasteiger partial charge >= 0.3 is 12.1 Å². The predicted octanol–water partition coefficient (Wildman–Crippen LogP) is 0.681. The van der Waals surface area contributed by atoms with Crippen molar-refractivity contribution in [2.75, 3.05) is 57.9 Å². The van der Waals surface area contributed by atoms with Gasteiger partial charge in [-0.05, 0) is 18.8 Å². The first-order valence-corrected chi connectivity index (χ1v) is 10.7. The number of methoxy groups -OCH3 is 1. The number of aliphatic carboxylic acids is 1. The second kappa shape index (κ2) is 10.8. The van der Waals surface area contributed by atoms with E-state index in [1.807, 2.05) is 4.90 Å². The molecule has 190 valence electrons. The first kappa shape index (κ1) is 26.0. The van der Waals surface area contributed by atoms with Crippen molar-refractivity contribution in [1.29, 1.82) is 0 Å². The molecule has 1 unspecified atom stereocenters. The van der Waals surface area contributed by atoms with Crippen molar-refractivity contribution in [1.82, 2.24) is 20.2 Å². The summed E-state index contributed by atoms with van der Waals surface area (Å²) in [6.07, 6.45) is -0.264. The van der Waals surface area contributed by atoms with Gasteiger partial charge in [-0.15, -0.1) is 0 Å². The van der Waals surface area contributed by atoms with Crippen molar-refractivity contribution in [2.24, 2.45) is 5.92 Å². The number of hydrogen-bond acceptors (Lipinski definition) is 8. The number of carboxylic acid groups (broad SMARTS) is 1. The van der Waals surface area contributed by atoms with Gasteiger partial charge in [0.2, 0.25) is 11.9 Å². The number of nitrogens with one attached hydrogen (secondary N) is 1. The number of carboxylic acids is 1. The molecule has 2 saturated heterocycles. The van der Waals surface area contributed by atoms with E-state index >= 15 is 0 Å². The van der Waals surface area contributed by atoms with Gasteiger partial charge in [-0.25, -0.2) is 19.2 Å². The monoisotopic (exact) mass is 493 g/mol. The molecule has 1 atom stereocenters. The average molecular weight is 493 g/mol. The van der Waals surface area contributed by atoms with Crippen LogP contribution in [-0.4, -0.2) is 103 Å². The molecule has 1 spiro atoms. The molecule has 1 saturated carbocycles. The number of halogens is 4. The molecular formula is C20H27F4N5O5. The summed E-state index contributed by atoms with van der Waals surface area (Å²) in [6, 6.07) is -0.260. The third kappa shape index (κ3) is 6.96. The van der Waals surface area contributed by atoms with Gasteiger partial charge < -0.3 is 24.8 Å². The summed E-state index contributed by atoms with van der Waals surface area (Å²) >= 11 is 0. The van der Waals surface area contributed by atoms with E-state index in [-0.39, 0.29) is 17.6 Å². The second-order valence-corrected chi connectivity index (χ2v) is 8.53. The third-order valence-corrected chi connectivity index (χ3v) is 5.67. The fourth-order valence-electron chi connectivity index (χ4n) is 3.80. The summed E-state index contributed by atoms with van der Waals surface area (Å²) in [5.74, 6) is -2.00. The molecule has 34 heavy (non-hydrogen) atoms. The minimum absolute atomic E-state index is 0.000553. The number of rotatable bonds is 7. The largest absolute Gasteiger partial charge is 0.490 e. The van der Waals surface area contributed by atoms with Crippen molar-refractivity contribution >= 4 is 17.8 Å². The van der Waals surface area contributed by atoms with E-state index in [0.29, 0.717) is 51.3 Å². The summed E-state index contributed by atoms with van der Waals surface area (Å²) in [5, 5.41) is 10.1. The van der Waals surface area contributed by atoms with Crippen molar-refractivity contribution in [3.63, 3.8) is 0 Å². The zero-order valence-corrected chi connectivity index (χ0v) is 18.6. The second-order valence-electron chi connectivity index (χ2n) is 8.53. The first-order valence-electron chi connectivity index (χ1n) is 10.7. The number of alkyl halides is 3. The maximum Gasteiger partial charge on any atom is 0.490 e. The Kier molecular flexibility index (Phi) is 8.25. The molecule has 3 heterocycles. The van der Waals surface area contributed by atoms with Crippen LogP contribution in [0.2, 0.25) is 0 Å². The number of hydrogen-bond donors (Lipinski definition) is 2. The SMILES string of the molecule is COCCNC(=O)C1COC2(CN(c3ncc(F)cn3)C2)CN1CC1CC1.O=C(O)C(F)(F)F. The molecule has 3 fully saturated rings.